The Morgan fingerprint density at radius 2 is 2.19 bits per heavy atom. The minimum atomic E-state index is 0.450. The third-order valence-corrected chi connectivity index (χ3v) is 3.89. The van der Waals surface area contributed by atoms with Gasteiger partial charge in [0, 0.05) is 13.6 Å². The van der Waals surface area contributed by atoms with Crippen molar-refractivity contribution < 1.29 is 0 Å². The van der Waals surface area contributed by atoms with E-state index in [0.29, 0.717) is 5.41 Å². The van der Waals surface area contributed by atoms with Crippen LogP contribution in [-0.4, -0.2) is 19.3 Å². The average Bonchev–Trinajstić information content (AvgIpc) is 2.74. The molecule has 16 heavy (non-hydrogen) atoms. The normalized spacial score (nSPS) is 18.2. The molecule has 2 aromatic heterocycles. The maximum atomic E-state index is 5.39. The van der Waals surface area contributed by atoms with E-state index in [-0.39, 0.29) is 0 Å². The predicted octanol–water partition coefficient (Wildman–Crippen LogP) is 2.54. The zero-order chi connectivity index (χ0) is 11.5. The highest BCUT2D eigenvalue weighted by molar-refractivity contribution is 7.71. The van der Waals surface area contributed by atoms with Crippen LogP contribution < -0.4 is 0 Å². The Balaban J connectivity index is 2.22. The molecule has 0 atom stereocenters. The third-order valence-electron chi connectivity index (χ3n) is 3.57. The first-order valence-electron chi connectivity index (χ1n) is 5.62. The lowest BCUT2D eigenvalue weighted by Crippen LogP contribution is -2.10. The monoisotopic (exact) mass is 236 g/mol. The Hall–Kier alpha value is -1.10. The van der Waals surface area contributed by atoms with Crippen molar-refractivity contribution >= 4 is 23.4 Å². The molecule has 1 fully saturated rings. The van der Waals surface area contributed by atoms with E-state index in [2.05, 4.69) is 21.6 Å². The van der Waals surface area contributed by atoms with Crippen LogP contribution in [0.5, 0.6) is 0 Å². The predicted molar refractivity (Wildman–Crippen MR) is 66.0 cm³/mol. The standard InChI is InChI=1S/C11H16N4S/c1-7-8-9(14(3)13-7)15(10(16)12-8)6-11(2)4-5-11/h4-6H2,1-3H3,(H,12,16). The summed E-state index contributed by atoms with van der Waals surface area (Å²) in [7, 11) is 1.98. The Kier molecular flexibility index (Phi) is 1.87. The van der Waals surface area contributed by atoms with E-state index in [1.165, 1.54) is 12.8 Å². The molecule has 0 radical (unpaired) electrons. The smallest absolute Gasteiger partial charge is 0.179 e. The maximum absolute atomic E-state index is 5.39. The summed E-state index contributed by atoms with van der Waals surface area (Å²) in [6.45, 7) is 5.33. The number of nitrogens with zero attached hydrogens (tertiary/aromatic N) is 3. The molecule has 0 aromatic carbocycles. The molecule has 0 saturated heterocycles. The molecule has 1 N–H and O–H groups in total. The van der Waals surface area contributed by atoms with Gasteiger partial charge in [0.05, 0.1) is 5.69 Å². The third kappa shape index (κ3) is 1.34. The summed E-state index contributed by atoms with van der Waals surface area (Å²) >= 11 is 5.39. The van der Waals surface area contributed by atoms with E-state index >= 15 is 0 Å². The van der Waals surface area contributed by atoms with E-state index in [4.69, 9.17) is 12.2 Å². The van der Waals surface area contributed by atoms with Gasteiger partial charge in [-0.25, -0.2) is 0 Å². The van der Waals surface area contributed by atoms with Crippen molar-refractivity contribution in [3.8, 4) is 0 Å². The molecule has 1 aliphatic rings. The van der Waals surface area contributed by atoms with Gasteiger partial charge in [-0.15, -0.1) is 0 Å². The number of fused-ring (bicyclic) bond motifs is 1. The van der Waals surface area contributed by atoms with E-state index in [1.807, 2.05) is 18.7 Å². The second-order valence-corrected chi connectivity index (χ2v) is 5.62. The van der Waals surface area contributed by atoms with Crippen LogP contribution in [0.1, 0.15) is 25.5 Å². The summed E-state index contributed by atoms with van der Waals surface area (Å²) in [4.78, 5) is 3.26. The summed E-state index contributed by atoms with van der Waals surface area (Å²) in [5.74, 6) is 0. The fraction of sp³-hybridized carbons (Fsp3) is 0.636. The summed E-state index contributed by atoms with van der Waals surface area (Å²) in [6, 6.07) is 0. The topological polar surface area (TPSA) is 38.5 Å². The van der Waals surface area contributed by atoms with Crippen molar-refractivity contribution in [1.29, 1.82) is 0 Å². The second kappa shape index (κ2) is 2.97. The first-order valence-corrected chi connectivity index (χ1v) is 6.03. The quantitative estimate of drug-likeness (QED) is 0.814. The summed E-state index contributed by atoms with van der Waals surface area (Å²) in [5.41, 5.74) is 3.67. The van der Waals surface area contributed by atoms with Gasteiger partial charge in [-0.3, -0.25) is 4.68 Å². The van der Waals surface area contributed by atoms with Gasteiger partial charge in [-0.2, -0.15) is 5.10 Å². The van der Waals surface area contributed by atoms with Crippen molar-refractivity contribution in [1.82, 2.24) is 19.3 Å². The van der Waals surface area contributed by atoms with Gasteiger partial charge >= 0.3 is 0 Å². The lowest BCUT2D eigenvalue weighted by atomic mass is 10.1. The molecular formula is C11H16N4S. The van der Waals surface area contributed by atoms with Gasteiger partial charge in [0.25, 0.3) is 0 Å². The number of imidazole rings is 1. The number of aromatic nitrogens is 4. The maximum Gasteiger partial charge on any atom is 0.179 e. The van der Waals surface area contributed by atoms with Crippen LogP contribution in [0.25, 0.3) is 11.2 Å². The Morgan fingerprint density at radius 1 is 1.50 bits per heavy atom. The first kappa shape index (κ1) is 10.1. The fourth-order valence-electron chi connectivity index (χ4n) is 2.27. The molecule has 86 valence electrons. The molecule has 0 amide bonds. The van der Waals surface area contributed by atoms with Gasteiger partial charge in [-0.1, -0.05) is 6.92 Å². The van der Waals surface area contributed by atoms with E-state index < -0.39 is 0 Å². The minimum Gasteiger partial charge on any atom is -0.328 e. The highest BCUT2D eigenvalue weighted by atomic mass is 32.1. The van der Waals surface area contributed by atoms with E-state index in [9.17, 15) is 0 Å². The van der Waals surface area contributed by atoms with E-state index in [0.717, 1.165) is 28.2 Å². The van der Waals surface area contributed by atoms with Crippen molar-refractivity contribution in [3.63, 3.8) is 0 Å². The molecule has 4 nitrogen and oxygen atoms in total. The van der Waals surface area contributed by atoms with Gasteiger partial charge < -0.3 is 9.55 Å². The molecule has 1 saturated carbocycles. The summed E-state index contributed by atoms with van der Waals surface area (Å²) < 4.78 is 4.93. The molecule has 2 heterocycles. The van der Waals surface area contributed by atoms with E-state index in [1.54, 1.807) is 0 Å². The lowest BCUT2D eigenvalue weighted by Gasteiger charge is -2.10. The van der Waals surface area contributed by atoms with Crippen molar-refractivity contribution in [2.24, 2.45) is 12.5 Å². The second-order valence-electron chi connectivity index (χ2n) is 5.23. The largest absolute Gasteiger partial charge is 0.328 e. The van der Waals surface area contributed by atoms with Crippen LogP contribution in [0.2, 0.25) is 0 Å². The molecule has 0 unspecified atom stereocenters. The van der Waals surface area contributed by atoms with Gasteiger partial charge in [0.1, 0.15) is 5.52 Å². The number of H-pyrrole nitrogens is 1. The highest BCUT2D eigenvalue weighted by Gasteiger charge is 2.38. The SMILES string of the molecule is Cc1nn(C)c2c1[nH]c(=S)n2CC1(C)CC1. The number of hydrogen-bond donors (Lipinski definition) is 1. The van der Waals surface area contributed by atoms with Crippen LogP contribution >= 0.6 is 12.2 Å². The molecule has 1 aliphatic carbocycles. The Bertz CT molecular complexity index is 612. The number of rotatable bonds is 2. The van der Waals surface area contributed by atoms with Gasteiger partial charge in [0.15, 0.2) is 10.4 Å². The first-order chi connectivity index (χ1) is 7.50. The van der Waals surface area contributed by atoms with Crippen molar-refractivity contribution in [2.75, 3.05) is 0 Å². The van der Waals surface area contributed by atoms with Crippen LogP contribution in [0.4, 0.5) is 0 Å². The number of nitrogens with one attached hydrogen (secondary N) is 1. The highest BCUT2D eigenvalue weighted by Crippen LogP contribution is 2.46. The zero-order valence-electron chi connectivity index (χ0n) is 9.87. The fourth-order valence-corrected chi connectivity index (χ4v) is 2.53. The summed E-state index contributed by atoms with van der Waals surface area (Å²) in [6.07, 6.45) is 2.61. The molecule has 5 heteroatoms. The van der Waals surface area contributed by atoms with Gasteiger partial charge in [-0.05, 0) is 37.4 Å². The number of aryl methyl sites for hydroxylation is 2. The zero-order valence-corrected chi connectivity index (χ0v) is 10.7. The van der Waals surface area contributed by atoms with Crippen molar-refractivity contribution in [2.45, 2.75) is 33.2 Å². The van der Waals surface area contributed by atoms with Crippen LogP contribution in [-0.2, 0) is 13.6 Å². The van der Waals surface area contributed by atoms with Crippen LogP contribution in [0.15, 0.2) is 0 Å². The number of hydrogen-bond acceptors (Lipinski definition) is 2. The Morgan fingerprint density at radius 3 is 2.81 bits per heavy atom. The van der Waals surface area contributed by atoms with Crippen LogP contribution in [0.3, 0.4) is 0 Å². The molecule has 3 rings (SSSR count). The average molecular weight is 236 g/mol. The molecule has 0 bridgehead atoms. The number of aromatic amines is 1. The van der Waals surface area contributed by atoms with Gasteiger partial charge in [0.2, 0.25) is 0 Å². The lowest BCUT2D eigenvalue weighted by molar-refractivity contribution is 0.463. The molecule has 0 aliphatic heterocycles. The Labute approximate surface area is 99.3 Å². The van der Waals surface area contributed by atoms with Crippen LogP contribution in [0, 0.1) is 17.1 Å². The molecular weight excluding hydrogens is 220 g/mol. The molecule has 0 spiro atoms. The minimum absolute atomic E-state index is 0.450. The molecule has 2 aromatic rings. The summed E-state index contributed by atoms with van der Waals surface area (Å²) in [5, 5.41) is 4.42. The van der Waals surface area contributed by atoms with Crippen molar-refractivity contribution in [3.05, 3.63) is 10.5 Å².